The van der Waals surface area contributed by atoms with Crippen molar-refractivity contribution in [2.24, 2.45) is 7.05 Å². The van der Waals surface area contributed by atoms with Crippen LogP contribution in [0, 0.1) is 0 Å². The Morgan fingerprint density at radius 1 is 1.33 bits per heavy atom. The van der Waals surface area contributed by atoms with Crippen LogP contribution in [0.25, 0.3) is 0 Å². The number of H-pyrrole nitrogens is 1. The van der Waals surface area contributed by atoms with E-state index in [1.165, 1.54) is 16.0 Å². The summed E-state index contributed by atoms with van der Waals surface area (Å²) in [6, 6.07) is 0. The largest absolute Gasteiger partial charge is 0.462 e. The number of anilines is 1. The van der Waals surface area contributed by atoms with Crippen molar-refractivity contribution in [1.82, 2.24) is 5.27 Å². The molecule has 2 N–H and O–H groups in total. The number of ether oxygens (including phenoxy) is 1. The van der Waals surface area contributed by atoms with Crippen LogP contribution in [0.3, 0.4) is 0 Å². The third-order valence-corrected chi connectivity index (χ3v) is 6.58. The van der Waals surface area contributed by atoms with E-state index >= 15 is 0 Å². The minimum atomic E-state index is -0.523. The molecule has 0 aromatic carbocycles. The lowest BCUT2D eigenvalue weighted by molar-refractivity contribution is -0.772. The molecule has 0 spiro atoms. The summed E-state index contributed by atoms with van der Waals surface area (Å²) in [5, 5.41) is 6.08. The van der Waals surface area contributed by atoms with Crippen LogP contribution in [0.2, 0.25) is 0 Å². The summed E-state index contributed by atoms with van der Waals surface area (Å²) < 4.78 is 11.3. The molecule has 0 saturated carbocycles. The molecule has 2 aromatic heterocycles. The lowest BCUT2D eigenvalue weighted by Gasteiger charge is -2.08. The molecule has 27 heavy (non-hydrogen) atoms. The third-order valence-electron chi connectivity index (χ3n) is 4.25. The Balaban J connectivity index is 1.78. The van der Waals surface area contributed by atoms with Crippen molar-refractivity contribution in [1.29, 1.82) is 0 Å². The van der Waals surface area contributed by atoms with E-state index in [0.717, 1.165) is 54.3 Å². The highest BCUT2D eigenvalue weighted by Crippen LogP contribution is 2.38. The van der Waals surface area contributed by atoms with Crippen LogP contribution in [-0.4, -0.2) is 29.5 Å². The molecule has 146 valence electrons. The number of thioether (sulfide) groups is 1. The lowest BCUT2D eigenvalue weighted by Crippen LogP contribution is -2.34. The summed E-state index contributed by atoms with van der Waals surface area (Å²) >= 11 is 2.53. The molecule has 0 aliphatic heterocycles. The predicted octanol–water partition coefficient (Wildman–Crippen LogP) is 2.03. The number of aromatic amines is 1. The molecular weight excluding hydrogens is 390 g/mol. The van der Waals surface area contributed by atoms with Crippen molar-refractivity contribution < 1.29 is 23.5 Å². The normalized spacial score (nSPS) is 13.7. The number of nitrogens with zero attached hydrogens (tertiary/aromatic N) is 1. The zero-order valence-electron chi connectivity index (χ0n) is 15.3. The van der Waals surface area contributed by atoms with Gasteiger partial charge in [-0.25, -0.2) is 9.59 Å². The molecule has 0 saturated heterocycles. The molecule has 0 unspecified atom stereocenters. The maximum atomic E-state index is 12.5. The summed E-state index contributed by atoms with van der Waals surface area (Å²) in [5.74, 6) is -0.651. The molecule has 0 bridgehead atoms. The minimum Gasteiger partial charge on any atom is -0.462 e. The zero-order chi connectivity index (χ0) is 19.4. The Hall–Kier alpha value is -2.07. The Labute approximate surface area is 164 Å². The Morgan fingerprint density at radius 3 is 2.81 bits per heavy atom. The van der Waals surface area contributed by atoms with Crippen molar-refractivity contribution in [3.8, 4) is 0 Å². The Bertz CT molecular complexity index is 899. The van der Waals surface area contributed by atoms with Gasteiger partial charge in [-0.3, -0.25) is 9.32 Å². The number of esters is 1. The van der Waals surface area contributed by atoms with E-state index in [9.17, 15) is 14.4 Å². The van der Waals surface area contributed by atoms with Gasteiger partial charge in [-0.15, -0.1) is 11.3 Å². The molecule has 0 atom stereocenters. The van der Waals surface area contributed by atoms with Gasteiger partial charge in [-0.1, -0.05) is 11.1 Å². The van der Waals surface area contributed by atoms with E-state index in [1.807, 2.05) is 0 Å². The van der Waals surface area contributed by atoms with Crippen LogP contribution in [0.1, 0.15) is 47.0 Å². The van der Waals surface area contributed by atoms with Crippen molar-refractivity contribution in [2.75, 3.05) is 17.7 Å². The number of amides is 1. The van der Waals surface area contributed by atoms with Crippen LogP contribution in [0.15, 0.2) is 14.3 Å². The van der Waals surface area contributed by atoms with E-state index in [1.54, 1.807) is 14.0 Å². The summed E-state index contributed by atoms with van der Waals surface area (Å²) in [4.78, 5) is 37.6. The fraction of sp³-hybridized carbons (Fsp3) is 0.529. The zero-order valence-corrected chi connectivity index (χ0v) is 16.9. The number of hydrogen-bond acceptors (Lipinski definition) is 7. The number of fused-ring (bicyclic) bond motifs is 1. The monoisotopic (exact) mass is 412 g/mol. The number of carbonyl (C=O) groups excluding carboxylic acids is 2. The molecule has 2 heterocycles. The smallest absolute Gasteiger partial charge is 0.441 e. The summed E-state index contributed by atoms with van der Waals surface area (Å²) in [5.41, 5.74) is 0.978. The number of hydrogen-bond donors (Lipinski definition) is 2. The van der Waals surface area contributed by atoms with E-state index in [-0.39, 0.29) is 18.3 Å². The molecule has 1 aliphatic rings. The van der Waals surface area contributed by atoms with Gasteiger partial charge in [0.25, 0.3) is 0 Å². The van der Waals surface area contributed by atoms with E-state index in [2.05, 4.69) is 15.1 Å². The van der Waals surface area contributed by atoms with Gasteiger partial charge in [-0.05, 0) is 55.2 Å². The van der Waals surface area contributed by atoms with Gasteiger partial charge in [0.1, 0.15) is 5.00 Å². The second kappa shape index (κ2) is 8.75. The van der Waals surface area contributed by atoms with Crippen LogP contribution >= 0.6 is 23.1 Å². The second-order valence-electron chi connectivity index (χ2n) is 6.17. The van der Waals surface area contributed by atoms with Crippen LogP contribution in [0.5, 0.6) is 0 Å². The predicted molar refractivity (Wildman–Crippen MR) is 101 cm³/mol. The Morgan fingerprint density at radius 2 is 2.11 bits per heavy atom. The number of thiophene rings is 1. The number of aryl methyl sites for hydroxylation is 2. The topological polar surface area (TPSA) is 105 Å². The molecule has 2 aromatic rings. The van der Waals surface area contributed by atoms with Gasteiger partial charge >= 0.3 is 16.6 Å². The van der Waals surface area contributed by atoms with Crippen LogP contribution in [0.4, 0.5) is 5.00 Å². The van der Waals surface area contributed by atoms with Gasteiger partial charge < -0.3 is 10.1 Å². The van der Waals surface area contributed by atoms with Crippen molar-refractivity contribution in [3.63, 3.8) is 0 Å². The quantitative estimate of drug-likeness (QED) is 0.326. The number of carbonyl (C=O) groups is 2. The first-order chi connectivity index (χ1) is 13.0. The molecule has 0 fully saturated rings. The van der Waals surface area contributed by atoms with Gasteiger partial charge in [-0.2, -0.15) is 0 Å². The Kier molecular flexibility index (Phi) is 6.38. The minimum absolute atomic E-state index is 0.0291. The first kappa shape index (κ1) is 19.7. The maximum Gasteiger partial charge on any atom is 0.441 e. The van der Waals surface area contributed by atoms with Gasteiger partial charge in [0, 0.05) is 4.88 Å². The van der Waals surface area contributed by atoms with Crippen LogP contribution < -0.4 is 15.6 Å². The third kappa shape index (κ3) is 4.44. The molecular formula is C17H22N3O5S2+. The maximum absolute atomic E-state index is 12.5. The fourth-order valence-corrected chi connectivity index (χ4v) is 5.06. The van der Waals surface area contributed by atoms with Gasteiger partial charge in [0.2, 0.25) is 5.91 Å². The number of aromatic nitrogens is 2. The van der Waals surface area contributed by atoms with Gasteiger partial charge in [0.05, 0.1) is 17.9 Å². The first-order valence-electron chi connectivity index (χ1n) is 8.83. The van der Waals surface area contributed by atoms with E-state index in [4.69, 9.17) is 4.74 Å². The molecule has 8 nitrogen and oxygen atoms in total. The number of rotatable bonds is 6. The molecule has 10 heteroatoms. The average Bonchev–Trinajstić information content (AvgIpc) is 3.03. The summed E-state index contributed by atoms with van der Waals surface area (Å²) in [6.07, 6.45) is 4.98. The van der Waals surface area contributed by atoms with E-state index in [0.29, 0.717) is 15.6 Å². The fourth-order valence-electron chi connectivity index (χ4n) is 3.03. The van der Waals surface area contributed by atoms with Crippen molar-refractivity contribution in [2.45, 2.75) is 44.1 Å². The van der Waals surface area contributed by atoms with Crippen molar-refractivity contribution >= 4 is 40.0 Å². The summed E-state index contributed by atoms with van der Waals surface area (Å²) in [6.45, 7) is 2.05. The van der Waals surface area contributed by atoms with Crippen molar-refractivity contribution in [3.05, 3.63) is 26.4 Å². The SMILES string of the molecule is CCOC(=O)c1c(NC(=O)CSc2c(=O)o[nH][n+]2C)sc2c1CCCCC2. The molecule has 1 aliphatic carbocycles. The van der Waals surface area contributed by atoms with E-state index < -0.39 is 11.6 Å². The lowest BCUT2D eigenvalue weighted by atomic mass is 10.1. The standard InChI is InChI=1S/C17H21N3O5S2/c1-3-24-16(22)13-10-7-5-4-6-8-11(10)27-14(13)18-12(21)9-26-15-17(23)25-19-20(15)2/h3-9H2,1-2H3,(H-,18,19,21,22,23)/p+1. The average molecular weight is 413 g/mol. The highest BCUT2D eigenvalue weighted by Gasteiger charge is 2.27. The molecule has 1 amide bonds. The molecule has 3 rings (SSSR count). The first-order valence-corrected chi connectivity index (χ1v) is 10.6. The highest BCUT2D eigenvalue weighted by molar-refractivity contribution is 7.99. The van der Waals surface area contributed by atoms with Gasteiger partial charge in [0.15, 0.2) is 7.05 Å². The number of nitrogens with one attached hydrogen (secondary N) is 2. The highest BCUT2D eigenvalue weighted by atomic mass is 32.2. The summed E-state index contributed by atoms with van der Waals surface area (Å²) in [7, 11) is 1.63. The molecule has 0 radical (unpaired) electrons. The van der Waals surface area contributed by atoms with Crippen LogP contribution in [-0.2, 0) is 29.4 Å². The second-order valence-corrected chi connectivity index (χ2v) is 8.24.